The van der Waals surface area contributed by atoms with Crippen molar-refractivity contribution in [3.8, 4) is 67.0 Å². The highest BCUT2D eigenvalue weighted by Crippen LogP contribution is 2.46. The lowest BCUT2D eigenvalue weighted by atomic mass is 9.97. The normalized spacial score (nSPS) is 11.8. The molecule has 10 aromatic carbocycles. The summed E-state index contributed by atoms with van der Waals surface area (Å²) < 4.78 is 13.0. The summed E-state index contributed by atoms with van der Waals surface area (Å²) in [5, 5.41) is 7.19. The van der Waals surface area contributed by atoms with E-state index in [1.165, 1.54) is 70.1 Å². The van der Waals surface area contributed by atoms with Crippen molar-refractivity contribution in [2.45, 2.75) is 0 Å². The summed E-state index contributed by atoms with van der Waals surface area (Å²) in [4.78, 5) is 1.24. The van der Waals surface area contributed by atoms with Crippen molar-refractivity contribution in [3.05, 3.63) is 243 Å². The largest absolute Gasteiger partial charge is 0.439 e. The Morgan fingerprint density at radius 2 is 0.721 bits per heavy atom. The van der Waals surface area contributed by atoms with Gasteiger partial charge in [0.05, 0.1) is 22.1 Å². The molecule has 0 N–H and O–H groups in total. The monoisotopic (exact) mass is 884 g/mol. The Morgan fingerprint density at radius 3 is 1.25 bits per heavy atom. The van der Waals surface area contributed by atoms with Gasteiger partial charge in [-0.2, -0.15) is 0 Å². The number of thiophene rings is 1. The van der Waals surface area contributed by atoms with Crippen LogP contribution in [0.3, 0.4) is 0 Å². The smallest absolute Gasteiger partial charge is 0.213 e. The van der Waals surface area contributed by atoms with Crippen molar-refractivity contribution in [2.75, 3.05) is 0 Å². The van der Waals surface area contributed by atoms with Crippen LogP contribution in [0.25, 0.3) is 131 Å². The highest BCUT2D eigenvalue weighted by atomic mass is 32.1. The molecule has 0 atom stereocenters. The quantitative estimate of drug-likeness (QED) is 0.156. The molecule has 4 heterocycles. The number of nitrogens with zero attached hydrogens (tertiary/aromatic N) is 2. The summed E-state index contributed by atoms with van der Waals surface area (Å²) in [7, 11) is 0. The second-order valence-electron chi connectivity index (χ2n) is 17.7. The Labute approximate surface area is 396 Å². The summed E-state index contributed by atoms with van der Waals surface area (Å²) in [5.41, 5.74) is 18.0. The standard InChI is InChI=1S/C64H40N2OS/c1-5-17-41(18-6-1)47-33-48(42-19-7-2-8-20-42)36-51(35-47)65-57-31-29-45(39-55(57)61-53-25-13-15-27-59(53)67-63(61)65)46-30-32-58-56(40-46)62-54-26-14-16-28-60(54)68-64(62)66(58)52-37-49(43-21-9-3-10-22-43)34-50(38-52)44-23-11-4-12-24-44/h1-40H. The molecule has 0 saturated carbocycles. The first-order valence-corrected chi connectivity index (χ1v) is 24.0. The van der Waals surface area contributed by atoms with Crippen LogP contribution in [-0.4, -0.2) is 9.13 Å². The minimum atomic E-state index is 0.842. The Morgan fingerprint density at radius 1 is 0.294 bits per heavy atom. The number of rotatable bonds is 7. The third kappa shape index (κ3) is 6.19. The summed E-state index contributed by atoms with van der Waals surface area (Å²) in [6, 6.07) is 88.1. The predicted molar refractivity (Wildman–Crippen MR) is 287 cm³/mol. The lowest BCUT2D eigenvalue weighted by Gasteiger charge is -2.14. The fraction of sp³-hybridized carbons (Fsp3) is 0. The minimum absolute atomic E-state index is 0.842. The molecular weight excluding hydrogens is 845 g/mol. The molecule has 318 valence electrons. The van der Waals surface area contributed by atoms with E-state index in [2.05, 4.69) is 252 Å². The van der Waals surface area contributed by atoms with E-state index >= 15 is 0 Å². The maximum atomic E-state index is 6.88. The highest BCUT2D eigenvalue weighted by Gasteiger charge is 2.23. The highest BCUT2D eigenvalue weighted by molar-refractivity contribution is 7.25. The van der Waals surface area contributed by atoms with Crippen LogP contribution in [0.5, 0.6) is 0 Å². The van der Waals surface area contributed by atoms with Crippen molar-refractivity contribution >= 4 is 75.5 Å². The van der Waals surface area contributed by atoms with Gasteiger partial charge >= 0.3 is 0 Å². The zero-order valence-electron chi connectivity index (χ0n) is 36.8. The van der Waals surface area contributed by atoms with Gasteiger partial charge in [-0.1, -0.05) is 170 Å². The molecule has 0 saturated heterocycles. The molecule has 0 radical (unpaired) electrons. The van der Waals surface area contributed by atoms with Crippen LogP contribution in [0.2, 0.25) is 0 Å². The van der Waals surface area contributed by atoms with Gasteiger partial charge in [0.15, 0.2) is 0 Å². The van der Waals surface area contributed by atoms with Crippen LogP contribution in [-0.2, 0) is 0 Å². The summed E-state index contributed by atoms with van der Waals surface area (Å²) in [6.45, 7) is 0. The fourth-order valence-corrected chi connectivity index (χ4v) is 11.8. The maximum Gasteiger partial charge on any atom is 0.213 e. The van der Waals surface area contributed by atoms with Gasteiger partial charge in [-0.15, -0.1) is 11.3 Å². The fourth-order valence-electron chi connectivity index (χ4n) is 10.5. The third-order valence-corrected chi connectivity index (χ3v) is 14.8. The SMILES string of the molecule is c1ccc(-c2cc(-c3ccccc3)cc(-n3c4ccc(-c5ccc6c(c5)c5c7ccccc7sc5n6-c5cc(-c6ccccc6)cc(-c6ccccc6)c5)cc4c4c5ccccc5oc43)c2)cc1. The molecule has 3 nitrogen and oxygen atoms in total. The van der Waals surface area contributed by atoms with E-state index < -0.39 is 0 Å². The van der Waals surface area contributed by atoms with E-state index in [1.54, 1.807) is 0 Å². The molecule has 0 fully saturated rings. The molecule has 14 rings (SSSR count). The van der Waals surface area contributed by atoms with Crippen molar-refractivity contribution in [2.24, 2.45) is 0 Å². The van der Waals surface area contributed by atoms with E-state index in [9.17, 15) is 0 Å². The molecule has 4 heteroatoms. The number of benzene rings is 10. The summed E-state index contributed by atoms with van der Waals surface area (Å²) in [5.74, 6) is 0. The average molecular weight is 885 g/mol. The number of hydrogen-bond donors (Lipinski definition) is 0. The van der Waals surface area contributed by atoms with Gasteiger partial charge in [0.1, 0.15) is 10.4 Å². The van der Waals surface area contributed by atoms with Gasteiger partial charge in [0.2, 0.25) is 5.71 Å². The van der Waals surface area contributed by atoms with Crippen molar-refractivity contribution < 1.29 is 4.42 Å². The Balaban J connectivity index is 0.989. The molecule has 68 heavy (non-hydrogen) atoms. The van der Waals surface area contributed by atoms with E-state index in [1.807, 2.05) is 11.3 Å². The van der Waals surface area contributed by atoms with Crippen LogP contribution in [0, 0.1) is 0 Å². The number of fused-ring (bicyclic) bond motifs is 10. The number of aromatic nitrogens is 2. The van der Waals surface area contributed by atoms with Crippen molar-refractivity contribution in [3.63, 3.8) is 0 Å². The van der Waals surface area contributed by atoms with Crippen LogP contribution >= 0.6 is 11.3 Å². The topological polar surface area (TPSA) is 23.0 Å². The van der Waals surface area contributed by atoms with Gasteiger partial charge in [-0.25, -0.2) is 0 Å². The van der Waals surface area contributed by atoms with Crippen molar-refractivity contribution in [1.29, 1.82) is 0 Å². The number of para-hydroxylation sites is 1. The molecule has 14 aromatic rings. The maximum absolute atomic E-state index is 6.88. The van der Waals surface area contributed by atoms with E-state index in [-0.39, 0.29) is 0 Å². The minimum Gasteiger partial charge on any atom is -0.439 e. The molecular formula is C64H40N2OS. The molecule has 0 aliphatic rings. The first kappa shape index (κ1) is 38.6. The van der Waals surface area contributed by atoms with Gasteiger partial charge in [0, 0.05) is 37.3 Å². The van der Waals surface area contributed by atoms with Crippen molar-refractivity contribution in [1.82, 2.24) is 9.13 Å². The predicted octanol–water partition coefficient (Wildman–Crippen LogP) is 18.2. The Bertz CT molecular complexity index is 3840. The van der Waals surface area contributed by atoms with E-state index in [0.29, 0.717) is 0 Å². The number of furan rings is 1. The van der Waals surface area contributed by atoms with Gasteiger partial charge < -0.3 is 8.98 Å². The number of hydrogen-bond acceptors (Lipinski definition) is 2. The summed E-state index contributed by atoms with van der Waals surface area (Å²) in [6.07, 6.45) is 0. The van der Waals surface area contributed by atoms with E-state index in [0.717, 1.165) is 61.0 Å². The molecule has 0 amide bonds. The van der Waals surface area contributed by atoms with Gasteiger partial charge in [0.25, 0.3) is 0 Å². The lowest BCUT2D eigenvalue weighted by molar-refractivity contribution is 0.645. The first-order chi connectivity index (χ1) is 33.7. The second kappa shape index (κ2) is 15.5. The second-order valence-corrected chi connectivity index (χ2v) is 18.7. The molecule has 0 bridgehead atoms. The van der Waals surface area contributed by atoms with Crippen LogP contribution in [0.15, 0.2) is 247 Å². The zero-order valence-corrected chi connectivity index (χ0v) is 37.6. The van der Waals surface area contributed by atoms with E-state index in [4.69, 9.17) is 4.42 Å². The molecule has 4 aromatic heterocycles. The lowest BCUT2D eigenvalue weighted by Crippen LogP contribution is -1.96. The van der Waals surface area contributed by atoms with Crippen LogP contribution in [0.1, 0.15) is 0 Å². The molecule has 0 aliphatic heterocycles. The van der Waals surface area contributed by atoms with Crippen LogP contribution < -0.4 is 0 Å². The zero-order chi connectivity index (χ0) is 44.7. The molecule has 0 aliphatic carbocycles. The Kier molecular flexibility index (Phi) is 8.76. The third-order valence-electron chi connectivity index (χ3n) is 13.7. The average Bonchev–Trinajstić information content (AvgIpc) is 4.15. The first-order valence-electron chi connectivity index (χ1n) is 23.1. The van der Waals surface area contributed by atoms with Gasteiger partial charge in [-0.3, -0.25) is 4.57 Å². The molecule has 0 unspecified atom stereocenters. The summed E-state index contributed by atoms with van der Waals surface area (Å²) >= 11 is 1.87. The van der Waals surface area contributed by atoms with Gasteiger partial charge in [-0.05, 0) is 128 Å². The molecule has 0 spiro atoms. The van der Waals surface area contributed by atoms with Crippen LogP contribution in [0.4, 0.5) is 0 Å². The Hall–Kier alpha value is -8.70.